The molecule has 7 heteroatoms. The maximum Gasteiger partial charge on any atom is 0.261 e. The first kappa shape index (κ1) is 18.9. The van der Waals surface area contributed by atoms with Gasteiger partial charge in [-0.25, -0.2) is 0 Å². The van der Waals surface area contributed by atoms with E-state index in [1.807, 2.05) is 22.9 Å². The Morgan fingerprint density at radius 3 is 2.70 bits per heavy atom. The van der Waals surface area contributed by atoms with Gasteiger partial charge in [-0.05, 0) is 36.6 Å². The molecule has 0 radical (unpaired) electrons. The van der Waals surface area contributed by atoms with Crippen molar-refractivity contribution in [3.63, 3.8) is 0 Å². The van der Waals surface area contributed by atoms with Gasteiger partial charge in [-0.15, -0.1) is 0 Å². The zero-order chi connectivity index (χ0) is 20.7. The van der Waals surface area contributed by atoms with Gasteiger partial charge in [0, 0.05) is 17.3 Å². The van der Waals surface area contributed by atoms with Crippen LogP contribution in [0.2, 0.25) is 0 Å². The summed E-state index contributed by atoms with van der Waals surface area (Å²) in [7, 11) is 0. The van der Waals surface area contributed by atoms with Crippen molar-refractivity contribution >= 4 is 22.4 Å². The molecule has 1 saturated heterocycles. The minimum atomic E-state index is -0.179. The van der Waals surface area contributed by atoms with Gasteiger partial charge in [-0.1, -0.05) is 31.9 Å². The number of anilines is 2. The van der Waals surface area contributed by atoms with Gasteiger partial charge in [0.2, 0.25) is 0 Å². The SMILES string of the molecule is CC1(c2ccc(Nc3nn([C@H]4CCCCC4C#N)c4cc[nH]c(=O)c34)cc2)COC1. The molecule has 7 nitrogen and oxygen atoms in total. The van der Waals surface area contributed by atoms with Crippen LogP contribution in [-0.4, -0.2) is 28.0 Å². The molecule has 154 valence electrons. The van der Waals surface area contributed by atoms with E-state index in [0.717, 1.165) is 50.1 Å². The molecule has 1 aromatic carbocycles. The molecule has 0 spiro atoms. The number of nitrogens with one attached hydrogen (secondary N) is 2. The van der Waals surface area contributed by atoms with Crippen LogP contribution in [0.5, 0.6) is 0 Å². The van der Waals surface area contributed by atoms with Crippen LogP contribution in [0.15, 0.2) is 41.3 Å². The number of benzene rings is 1. The molecule has 2 atom stereocenters. The topological polar surface area (TPSA) is 95.7 Å². The lowest BCUT2D eigenvalue weighted by Gasteiger charge is -2.38. The third-order valence-electron chi connectivity index (χ3n) is 6.53. The van der Waals surface area contributed by atoms with Gasteiger partial charge in [-0.3, -0.25) is 9.48 Å². The monoisotopic (exact) mass is 403 g/mol. The van der Waals surface area contributed by atoms with E-state index in [0.29, 0.717) is 11.2 Å². The fourth-order valence-corrected chi connectivity index (χ4v) is 4.66. The molecule has 2 aliphatic rings. The van der Waals surface area contributed by atoms with E-state index in [-0.39, 0.29) is 22.9 Å². The predicted molar refractivity (Wildman–Crippen MR) is 115 cm³/mol. The summed E-state index contributed by atoms with van der Waals surface area (Å²) in [6.45, 7) is 3.68. The normalized spacial score (nSPS) is 22.9. The van der Waals surface area contributed by atoms with E-state index in [1.165, 1.54) is 5.56 Å². The number of aromatic amines is 1. The van der Waals surface area contributed by atoms with Gasteiger partial charge in [0.15, 0.2) is 5.82 Å². The highest BCUT2D eigenvalue weighted by Crippen LogP contribution is 2.37. The molecule has 30 heavy (non-hydrogen) atoms. The van der Waals surface area contributed by atoms with Crippen LogP contribution in [0.1, 0.15) is 44.2 Å². The first-order valence-corrected chi connectivity index (χ1v) is 10.5. The Labute approximate surface area is 174 Å². The fourth-order valence-electron chi connectivity index (χ4n) is 4.66. The molecule has 1 aliphatic heterocycles. The number of fused-ring (bicyclic) bond motifs is 1. The van der Waals surface area contributed by atoms with E-state index in [1.54, 1.807) is 6.20 Å². The Morgan fingerprint density at radius 1 is 1.23 bits per heavy atom. The molecule has 3 heterocycles. The van der Waals surface area contributed by atoms with E-state index < -0.39 is 0 Å². The van der Waals surface area contributed by atoms with Crippen LogP contribution in [0.25, 0.3) is 10.9 Å². The Kier molecular flexibility index (Phi) is 4.59. The molecule has 1 aliphatic carbocycles. The molecule has 5 rings (SSSR count). The number of ether oxygens (including phenoxy) is 1. The standard InChI is InChI=1S/C23H25N5O2/c1-23(13-30-14-23)16-6-8-17(9-7-16)26-21-20-19(10-11-25-22(20)29)28(27-21)18-5-3-2-4-15(18)12-24/h6-11,15,18H,2-5,13-14H2,1H3,(H,25,29)(H,26,27)/t15?,18-/m0/s1. The average molecular weight is 403 g/mol. The lowest BCUT2D eigenvalue weighted by Crippen LogP contribution is -2.43. The number of pyridine rings is 1. The lowest BCUT2D eigenvalue weighted by atomic mass is 9.81. The number of nitrogens with zero attached hydrogens (tertiary/aromatic N) is 3. The van der Waals surface area contributed by atoms with Crippen molar-refractivity contribution in [2.45, 2.75) is 44.1 Å². The minimum Gasteiger partial charge on any atom is -0.379 e. The van der Waals surface area contributed by atoms with Crippen molar-refractivity contribution in [2.75, 3.05) is 18.5 Å². The van der Waals surface area contributed by atoms with Crippen LogP contribution in [0, 0.1) is 17.2 Å². The highest BCUT2D eigenvalue weighted by molar-refractivity contribution is 5.91. The summed E-state index contributed by atoms with van der Waals surface area (Å²) < 4.78 is 7.26. The predicted octanol–water partition coefficient (Wildman–Crippen LogP) is 4.01. The summed E-state index contributed by atoms with van der Waals surface area (Å²) >= 11 is 0. The Hall–Kier alpha value is -3.11. The smallest absolute Gasteiger partial charge is 0.261 e. The second-order valence-corrected chi connectivity index (χ2v) is 8.70. The van der Waals surface area contributed by atoms with Crippen molar-refractivity contribution in [1.82, 2.24) is 14.8 Å². The van der Waals surface area contributed by atoms with Crippen LogP contribution < -0.4 is 10.9 Å². The maximum atomic E-state index is 12.6. The highest BCUT2D eigenvalue weighted by Gasteiger charge is 2.35. The highest BCUT2D eigenvalue weighted by atomic mass is 16.5. The van der Waals surface area contributed by atoms with Gasteiger partial charge in [-0.2, -0.15) is 10.4 Å². The number of aromatic nitrogens is 3. The lowest BCUT2D eigenvalue weighted by molar-refractivity contribution is -0.0499. The third-order valence-corrected chi connectivity index (χ3v) is 6.53. The second-order valence-electron chi connectivity index (χ2n) is 8.70. The molecular formula is C23H25N5O2. The summed E-state index contributed by atoms with van der Waals surface area (Å²) in [4.78, 5) is 15.4. The molecule has 0 amide bonds. The number of nitriles is 1. The summed E-state index contributed by atoms with van der Waals surface area (Å²) in [5.74, 6) is 0.443. The average Bonchev–Trinajstić information content (AvgIpc) is 3.12. The fraction of sp³-hybridized carbons (Fsp3) is 0.435. The number of hydrogen-bond acceptors (Lipinski definition) is 5. The number of H-pyrrole nitrogens is 1. The summed E-state index contributed by atoms with van der Waals surface area (Å²) in [6.07, 6.45) is 5.55. The van der Waals surface area contributed by atoms with Gasteiger partial charge < -0.3 is 15.0 Å². The van der Waals surface area contributed by atoms with Crippen LogP contribution in [-0.2, 0) is 10.2 Å². The molecule has 2 N–H and O–H groups in total. The van der Waals surface area contributed by atoms with Crippen LogP contribution in [0.3, 0.4) is 0 Å². The molecule has 2 fully saturated rings. The van der Waals surface area contributed by atoms with E-state index in [2.05, 4.69) is 35.4 Å². The van der Waals surface area contributed by atoms with Crippen molar-refractivity contribution in [3.8, 4) is 6.07 Å². The molecule has 0 bridgehead atoms. The van der Waals surface area contributed by atoms with Gasteiger partial charge in [0.1, 0.15) is 5.39 Å². The van der Waals surface area contributed by atoms with Crippen molar-refractivity contribution in [2.24, 2.45) is 5.92 Å². The first-order chi connectivity index (χ1) is 14.6. The largest absolute Gasteiger partial charge is 0.379 e. The first-order valence-electron chi connectivity index (χ1n) is 10.5. The maximum absolute atomic E-state index is 12.6. The van der Waals surface area contributed by atoms with Crippen LogP contribution >= 0.6 is 0 Å². The summed E-state index contributed by atoms with van der Waals surface area (Å²) in [5.41, 5.74) is 2.78. The Bertz CT molecular complexity index is 1170. The molecule has 3 aromatic rings. The van der Waals surface area contributed by atoms with Crippen LogP contribution in [0.4, 0.5) is 11.5 Å². The molecular weight excluding hydrogens is 378 g/mol. The summed E-state index contributed by atoms with van der Waals surface area (Å²) in [5, 5.41) is 18.3. The minimum absolute atomic E-state index is 0.00968. The zero-order valence-electron chi connectivity index (χ0n) is 17.0. The molecule has 2 aromatic heterocycles. The Morgan fingerprint density at radius 2 is 2.00 bits per heavy atom. The second kappa shape index (κ2) is 7.29. The van der Waals surface area contributed by atoms with Gasteiger partial charge in [0.05, 0.1) is 36.8 Å². The van der Waals surface area contributed by atoms with Crippen molar-refractivity contribution in [1.29, 1.82) is 5.26 Å². The van der Waals surface area contributed by atoms with E-state index in [4.69, 9.17) is 9.84 Å². The third kappa shape index (κ3) is 3.08. The van der Waals surface area contributed by atoms with E-state index >= 15 is 0 Å². The number of hydrogen-bond donors (Lipinski definition) is 2. The van der Waals surface area contributed by atoms with Gasteiger partial charge in [0.25, 0.3) is 5.56 Å². The molecule has 1 saturated carbocycles. The quantitative estimate of drug-likeness (QED) is 0.686. The van der Waals surface area contributed by atoms with Crippen molar-refractivity contribution < 1.29 is 4.74 Å². The number of rotatable bonds is 4. The van der Waals surface area contributed by atoms with Crippen molar-refractivity contribution in [3.05, 3.63) is 52.4 Å². The summed E-state index contributed by atoms with van der Waals surface area (Å²) in [6, 6.07) is 12.5. The molecule has 1 unspecified atom stereocenters. The zero-order valence-corrected chi connectivity index (χ0v) is 17.0. The van der Waals surface area contributed by atoms with E-state index in [9.17, 15) is 10.1 Å². The Balaban J connectivity index is 1.52. The van der Waals surface area contributed by atoms with Gasteiger partial charge >= 0.3 is 0 Å².